The quantitative estimate of drug-likeness (QED) is 0.793. The van der Waals surface area contributed by atoms with Crippen molar-refractivity contribution in [3.05, 3.63) is 34.2 Å². The molecule has 0 saturated carbocycles. The average molecular weight is 260 g/mol. The minimum absolute atomic E-state index is 0.0307. The molecule has 0 bridgehead atoms. The fourth-order valence-electron chi connectivity index (χ4n) is 2.51. The third-order valence-corrected chi connectivity index (χ3v) is 3.73. The number of carbonyl (C=O) groups excluding carboxylic acids is 1. The molecule has 19 heavy (non-hydrogen) atoms. The fraction of sp³-hybridized carbons (Fsp3) is 0.467. The second kappa shape index (κ2) is 5.03. The van der Waals surface area contributed by atoms with E-state index in [1.165, 1.54) is 0 Å². The van der Waals surface area contributed by atoms with Gasteiger partial charge in [0, 0.05) is 25.6 Å². The van der Waals surface area contributed by atoms with Crippen molar-refractivity contribution in [2.45, 2.75) is 26.7 Å². The third-order valence-electron chi connectivity index (χ3n) is 3.73. The zero-order valence-corrected chi connectivity index (χ0v) is 11.9. The molecule has 0 aliphatic carbocycles. The molecular formula is C15H20N2O2. The first-order chi connectivity index (χ1) is 8.97. The van der Waals surface area contributed by atoms with E-state index >= 15 is 0 Å². The number of Topliss-reactive ketones (excluding diaryl/α,β-unsaturated/α-hetero) is 1. The maximum Gasteiger partial charge on any atom is 0.328 e. The van der Waals surface area contributed by atoms with Crippen LogP contribution in [-0.4, -0.2) is 14.9 Å². The highest BCUT2D eigenvalue weighted by molar-refractivity contribution is 6.00. The SMILES string of the molecule is CCCC(C)C(=O)c1ccc2c(c1)n(C)c(=O)n2C. The number of benzene rings is 1. The van der Waals surface area contributed by atoms with E-state index in [1.54, 1.807) is 23.2 Å². The van der Waals surface area contributed by atoms with Gasteiger partial charge in [-0.25, -0.2) is 4.79 Å². The molecule has 1 aromatic carbocycles. The van der Waals surface area contributed by atoms with Gasteiger partial charge in [0.25, 0.3) is 0 Å². The van der Waals surface area contributed by atoms with Crippen LogP contribution in [0.15, 0.2) is 23.0 Å². The Labute approximate surface area is 112 Å². The molecule has 4 nitrogen and oxygen atoms in total. The minimum Gasteiger partial charge on any atom is -0.295 e. The van der Waals surface area contributed by atoms with E-state index in [1.807, 2.05) is 25.1 Å². The molecule has 1 atom stereocenters. The molecule has 0 amide bonds. The molecular weight excluding hydrogens is 240 g/mol. The van der Waals surface area contributed by atoms with Crippen molar-refractivity contribution in [1.82, 2.24) is 9.13 Å². The molecule has 0 spiro atoms. The van der Waals surface area contributed by atoms with Crippen LogP contribution in [0.4, 0.5) is 0 Å². The van der Waals surface area contributed by atoms with Gasteiger partial charge in [-0.05, 0) is 24.6 Å². The van der Waals surface area contributed by atoms with Crippen LogP contribution in [-0.2, 0) is 14.1 Å². The lowest BCUT2D eigenvalue weighted by atomic mass is 9.95. The number of imidazole rings is 1. The van der Waals surface area contributed by atoms with Crippen molar-refractivity contribution in [2.24, 2.45) is 20.0 Å². The lowest BCUT2D eigenvalue weighted by Crippen LogP contribution is -2.19. The van der Waals surface area contributed by atoms with Crippen molar-refractivity contribution in [3.63, 3.8) is 0 Å². The Morgan fingerprint density at radius 1 is 1.21 bits per heavy atom. The van der Waals surface area contributed by atoms with Crippen LogP contribution in [0, 0.1) is 5.92 Å². The van der Waals surface area contributed by atoms with Gasteiger partial charge in [0.2, 0.25) is 0 Å². The molecule has 1 heterocycles. The Bertz CT molecular complexity index is 679. The summed E-state index contributed by atoms with van der Waals surface area (Å²) in [5.41, 5.74) is 2.28. The summed E-state index contributed by atoms with van der Waals surface area (Å²) < 4.78 is 3.18. The van der Waals surface area contributed by atoms with Crippen molar-refractivity contribution < 1.29 is 4.79 Å². The van der Waals surface area contributed by atoms with Gasteiger partial charge < -0.3 is 0 Å². The molecule has 102 valence electrons. The summed E-state index contributed by atoms with van der Waals surface area (Å²) in [6.07, 6.45) is 1.89. The second-order valence-corrected chi connectivity index (χ2v) is 5.16. The van der Waals surface area contributed by atoms with Crippen molar-refractivity contribution in [3.8, 4) is 0 Å². The van der Waals surface area contributed by atoms with Gasteiger partial charge in [-0.1, -0.05) is 20.3 Å². The van der Waals surface area contributed by atoms with Gasteiger partial charge >= 0.3 is 5.69 Å². The van der Waals surface area contributed by atoms with Crippen LogP contribution in [0.25, 0.3) is 11.0 Å². The smallest absolute Gasteiger partial charge is 0.295 e. The number of aromatic nitrogens is 2. The molecule has 2 rings (SSSR count). The normalized spacial score (nSPS) is 12.8. The maximum absolute atomic E-state index is 12.3. The largest absolute Gasteiger partial charge is 0.328 e. The number of hydrogen-bond donors (Lipinski definition) is 0. The average Bonchev–Trinajstić information content (AvgIpc) is 2.63. The number of nitrogens with zero attached hydrogens (tertiary/aromatic N) is 2. The minimum atomic E-state index is -0.0683. The molecule has 0 radical (unpaired) electrons. The number of carbonyl (C=O) groups is 1. The summed E-state index contributed by atoms with van der Waals surface area (Å²) in [7, 11) is 3.47. The van der Waals surface area contributed by atoms with Crippen LogP contribution in [0.2, 0.25) is 0 Å². The standard InChI is InChI=1S/C15H20N2O2/c1-5-6-10(2)14(18)11-7-8-12-13(9-11)17(4)15(19)16(12)3/h7-10H,5-6H2,1-4H3. The molecule has 1 aromatic heterocycles. The van der Waals surface area contributed by atoms with E-state index in [0.717, 1.165) is 23.9 Å². The van der Waals surface area contributed by atoms with Gasteiger partial charge in [-0.3, -0.25) is 13.9 Å². The Balaban J connectivity index is 2.50. The molecule has 2 aromatic rings. The summed E-state index contributed by atoms with van der Waals surface area (Å²) in [5.74, 6) is 0.184. The lowest BCUT2D eigenvalue weighted by Gasteiger charge is -2.09. The first-order valence-electron chi connectivity index (χ1n) is 6.67. The highest BCUT2D eigenvalue weighted by atomic mass is 16.1. The highest BCUT2D eigenvalue weighted by Crippen LogP contribution is 2.18. The monoisotopic (exact) mass is 260 g/mol. The van der Waals surface area contributed by atoms with Crippen molar-refractivity contribution >= 4 is 16.8 Å². The highest BCUT2D eigenvalue weighted by Gasteiger charge is 2.16. The first kappa shape index (κ1) is 13.6. The van der Waals surface area contributed by atoms with Gasteiger partial charge in [-0.2, -0.15) is 0 Å². The van der Waals surface area contributed by atoms with E-state index in [2.05, 4.69) is 6.92 Å². The molecule has 0 saturated heterocycles. The van der Waals surface area contributed by atoms with E-state index in [0.29, 0.717) is 5.56 Å². The van der Waals surface area contributed by atoms with E-state index in [4.69, 9.17) is 0 Å². The maximum atomic E-state index is 12.3. The molecule has 0 aliphatic heterocycles. The Morgan fingerprint density at radius 2 is 1.84 bits per heavy atom. The molecule has 0 N–H and O–H groups in total. The van der Waals surface area contributed by atoms with E-state index in [9.17, 15) is 9.59 Å². The van der Waals surface area contributed by atoms with Crippen LogP contribution in [0.5, 0.6) is 0 Å². The van der Waals surface area contributed by atoms with Crippen LogP contribution in [0.1, 0.15) is 37.0 Å². The molecule has 4 heteroatoms. The molecule has 0 aliphatic rings. The van der Waals surface area contributed by atoms with Crippen molar-refractivity contribution in [1.29, 1.82) is 0 Å². The summed E-state index contributed by atoms with van der Waals surface area (Å²) in [5, 5.41) is 0. The summed E-state index contributed by atoms with van der Waals surface area (Å²) in [6, 6.07) is 5.49. The van der Waals surface area contributed by atoms with Crippen molar-refractivity contribution in [2.75, 3.05) is 0 Å². The van der Waals surface area contributed by atoms with Crippen LogP contribution < -0.4 is 5.69 Å². The van der Waals surface area contributed by atoms with E-state index < -0.39 is 0 Å². The van der Waals surface area contributed by atoms with Gasteiger partial charge in [-0.15, -0.1) is 0 Å². The van der Waals surface area contributed by atoms with Gasteiger partial charge in [0.05, 0.1) is 11.0 Å². The summed E-state index contributed by atoms with van der Waals surface area (Å²) in [4.78, 5) is 24.1. The van der Waals surface area contributed by atoms with Crippen LogP contribution >= 0.6 is 0 Å². The Hall–Kier alpha value is -1.84. The number of aryl methyl sites for hydroxylation is 2. The Morgan fingerprint density at radius 3 is 2.47 bits per heavy atom. The van der Waals surface area contributed by atoms with Gasteiger partial charge in [0.1, 0.15) is 0 Å². The summed E-state index contributed by atoms with van der Waals surface area (Å²) in [6.45, 7) is 4.04. The lowest BCUT2D eigenvalue weighted by molar-refractivity contribution is 0.0923. The topological polar surface area (TPSA) is 44.0 Å². The zero-order valence-electron chi connectivity index (χ0n) is 11.9. The molecule has 1 unspecified atom stereocenters. The predicted molar refractivity (Wildman–Crippen MR) is 76.6 cm³/mol. The second-order valence-electron chi connectivity index (χ2n) is 5.16. The van der Waals surface area contributed by atoms with Gasteiger partial charge in [0.15, 0.2) is 5.78 Å². The number of rotatable bonds is 4. The van der Waals surface area contributed by atoms with E-state index in [-0.39, 0.29) is 17.4 Å². The Kier molecular flexibility index (Phi) is 3.60. The number of hydrogen-bond acceptors (Lipinski definition) is 2. The summed E-state index contributed by atoms with van der Waals surface area (Å²) >= 11 is 0. The fourth-order valence-corrected chi connectivity index (χ4v) is 2.51. The zero-order chi connectivity index (χ0) is 14.2. The van der Waals surface area contributed by atoms with Crippen LogP contribution in [0.3, 0.4) is 0 Å². The molecule has 0 fully saturated rings. The third kappa shape index (κ3) is 2.23. The first-order valence-corrected chi connectivity index (χ1v) is 6.67. The number of ketones is 1. The number of fused-ring (bicyclic) bond motifs is 1. The predicted octanol–water partition coefficient (Wildman–Crippen LogP) is 2.50.